The van der Waals surface area contributed by atoms with Gasteiger partial charge in [-0.25, -0.2) is 8.42 Å². The van der Waals surface area contributed by atoms with E-state index in [0.717, 1.165) is 16.3 Å². The van der Waals surface area contributed by atoms with Gasteiger partial charge < -0.3 is 10.2 Å². The molecule has 0 aliphatic rings. The van der Waals surface area contributed by atoms with Crippen molar-refractivity contribution in [3.63, 3.8) is 0 Å². The summed E-state index contributed by atoms with van der Waals surface area (Å²) in [6.07, 6.45) is 0.791. The number of amides is 2. The first-order valence-electron chi connectivity index (χ1n) is 13.0. The van der Waals surface area contributed by atoms with E-state index in [1.807, 2.05) is 32.9 Å². The minimum absolute atomic E-state index is 0.0444. The van der Waals surface area contributed by atoms with Crippen molar-refractivity contribution < 1.29 is 18.0 Å². The van der Waals surface area contributed by atoms with Crippen molar-refractivity contribution >= 4 is 39.1 Å². The van der Waals surface area contributed by atoms with Gasteiger partial charge in [-0.15, -0.1) is 0 Å². The quantitative estimate of drug-likeness (QED) is 0.321. The molecule has 0 bridgehead atoms. The number of carbonyl (C=O) groups excluding carboxylic acids is 2. The first kappa shape index (κ1) is 30.2. The number of nitrogens with zero attached hydrogens (tertiary/aromatic N) is 2. The number of hydrogen-bond acceptors (Lipinski definition) is 4. The summed E-state index contributed by atoms with van der Waals surface area (Å²) in [5.74, 6) is -0.624. The van der Waals surface area contributed by atoms with Crippen molar-refractivity contribution in [1.82, 2.24) is 10.2 Å². The summed E-state index contributed by atoms with van der Waals surface area (Å²) in [6.45, 7) is 7.61. The molecule has 0 aliphatic carbocycles. The van der Waals surface area contributed by atoms with Crippen molar-refractivity contribution in [2.24, 2.45) is 5.92 Å². The topological polar surface area (TPSA) is 86.8 Å². The SMILES string of the molecule is CCc1ccc(N(CC(=O)N(Cc2ccccc2Cl)[C@@H](C)C(=O)NCC(C)C)S(=O)(=O)c2ccccc2)cc1. The largest absolute Gasteiger partial charge is 0.354 e. The highest BCUT2D eigenvalue weighted by Gasteiger charge is 2.32. The predicted octanol–water partition coefficient (Wildman–Crippen LogP) is 5.29. The van der Waals surface area contributed by atoms with Gasteiger partial charge in [0.1, 0.15) is 12.6 Å². The van der Waals surface area contributed by atoms with Crippen LogP contribution in [0.5, 0.6) is 0 Å². The molecule has 39 heavy (non-hydrogen) atoms. The number of aryl methyl sites for hydroxylation is 1. The molecule has 2 amide bonds. The van der Waals surface area contributed by atoms with Gasteiger partial charge in [0, 0.05) is 18.1 Å². The first-order valence-corrected chi connectivity index (χ1v) is 14.8. The maximum Gasteiger partial charge on any atom is 0.264 e. The van der Waals surface area contributed by atoms with Crippen LogP contribution in [0, 0.1) is 5.92 Å². The molecule has 3 aromatic rings. The Morgan fingerprint density at radius 1 is 0.897 bits per heavy atom. The van der Waals surface area contributed by atoms with Gasteiger partial charge >= 0.3 is 0 Å². The van der Waals surface area contributed by atoms with Crippen LogP contribution in [0.2, 0.25) is 5.02 Å². The molecular formula is C30H36ClN3O4S. The normalized spacial score (nSPS) is 12.2. The van der Waals surface area contributed by atoms with E-state index in [2.05, 4.69) is 5.32 Å². The molecule has 1 N–H and O–H groups in total. The third-order valence-electron chi connectivity index (χ3n) is 6.39. The van der Waals surface area contributed by atoms with Crippen molar-refractivity contribution in [2.45, 2.75) is 51.6 Å². The maximum atomic E-state index is 13.9. The van der Waals surface area contributed by atoms with Crippen LogP contribution in [0.1, 0.15) is 38.8 Å². The third-order valence-corrected chi connectivity index (χ3v) is 8.55. The molecule has 0 spiro atoms. The molecule has 3 aromatic carbocycles. The molecule has 0 heterocycles. The average Bonchev–Trinajstić information content (AvgIpc) is 2.94. The molecule has 0 saturated carbocycles. The summed E-state index contributed by atoms with van der Waals surface area (Å²) in [6, 6.07) is 21.3. The van der Waals surface area contributed by atoms with Gasteiger partial charge in [-0.05, 0) is 60.7 Å². The van der Waals surface area contributed by atoms with Crippen molar-refractivity contribution in [3.05, 3.63) is 95.0 Å². The average molecular weight is 570 g/mol. The van der Waals surface area contributed by atoms with E-state index >= 15 is 0 Å². The van der Waals surface area contributed by atoms with Crippen LogP contribution in [0.25, 0.3) is 0 Å². The number of benzene rings is 3. The van der Waals surface area contributed by atoms with Gasteiger partial charge in [0.25, 0.3) is 10.0 Å². The van der Waals surface area contributed by atoms with Crippen LogP contribution >= 0.6 is 11.6 Å². The smallest absolute Gasteiger partial charge is 0.264 e. The lowest BCUT2D eigenvalue weighted by Gasteiger charge is -2.32. The monoisotopic (exact) mass is 569 g/mol. The van der Waals surface area contributed by atoms with Crippen LogP contribution in [0.15, 0.2) is 83.8 Å². The van der Waals surface area contributed by atoms with Crippen LogP contribution < -0.4 is 9.62 Å². The molecule has 0 aromatic heterocycles. The fourth-order valence-electron chi connectivity index (χ4n) is 3.99. The molecule has 0 unspecified atom stereocenters. The number of nitrogens with one attached hydrogen (secondary N) is 1. The minimum Gasteiger partial charge on any atom is -0.354 e. The van der Waals surface area contributed by atoms with E-state index in [1.54, 1.807) is 61.5 Å². The number of rotatable bonds is 12. The number of halogens is 1. The van der Waals surface area contributed by atoms with E-state index < -0.39 is 28.5 Å². The number of hydrogen-bond donors (Lipinski definition) is 1. The summed E-state index contributed by atoms with van der Waals surface area (Å²) in [5.41, 5.74) is 2.05. The van der Waals surface area contributed by atoms with E-state index in [-0.39, 0.29) is 23.3 Å². The Morgan fingerprint density at radius 2 is 1.51 bits per heavy atom. The van der Waals surface area contributed by atoms with Crippen LogP contribution in [0.4, 0.5) is 5.69 Å². The van der Waals surface area contributed by atoms with Crippen LogP contribution in [-0.4, -0.2) is 44.3 Å². The lowest BCUT2D eigenvalue weighted by molar-refractivity contribution is -0.139. The lowest BCUT2D eigenvalue weighted by Crippen LogP contribution is -2.51. The Kier molecular flexibility index (Phi) is 10.5. The standard InChI is InChI=1S/C30H36ClN3O4S/c1-5-24-15-17-26(18-16-24)34(39(37,38)27-12-7-6-8-13-27)21-29(35)33(20-25-11-9-10-14-28(25)31)23(4)30(36)32-19-22(2)3/h6-18,22-23H,5,19-21H2,1-4H3,(H,32,36)/t23-/m0/s1. The molecule has 1 atom stereocenters. The van der Waals surface area contributed by atoms with Crippen LogP contribution in [0.3, 0.4) is 0 Å². The second-order valence-corrected chi connectivity index (χ2v) is 12.0. The Labute approximate surface area is 236 Å². The molecule has 0 radical (unpaired) electrons. The van der Waals surface area contributed by atoms with Gasteiger partial charge in [-0.2, -0.15) is 0 Å². The van der Waals surface area contributed by atoms with Crippen molar-refractivity contribution in [3.8, 4) is 0 Å². The zero-order valence-electron chi connectivity index (χ0n) is 22.8. The molecule has 0 aliphatic heterocycles. The molecule has 7 nitrogen and oxygen atoms in total. The number of sulfonamides is 1. The fourth-order valence-corrected chi connectivity index (χ4v) is 5.62. The van der Waals surface area contributed by atoms with Crippen LogP contribution in [-0.2, 0) is 32.6 Å². The molecule has 0 saturated heterocycles. The minimum atomic E-state index is -4.09. The second-order valence-electron chi connectivity index (χ2n) is 9.77. The highest BCUT2D eigenvalue weighted by Crippen LogP contribution is 2.26. The van der Waals surface area contributed by atoms with Gasteiger partial charge in [-0.1, -0.05) is 80.9 Å². The molecular weight excluding hydrogens is 534 g/mol. The van der Waals surface area contributed by atoms with Gasteiger partial charge in [0.15, 0.2) is 0 Å². The summed E-state index contributed by atoms with van der Waals surface area (Å²) >= 11 is 6.40. The van der Waals surface area contributed by atoms with Gasteiger partial charge in [0.05, 0.1) is 10.6 Å². The molecule has 3 rings (SSSR count). The van der Waals surface area contributed by atoms with E-state index in [4.69, 9.17) is 11.6 Å². The Morgan fingerprint density at radius 3 is 2.10 bits per heavy atom. The van der Waals surface area contributed by atoms with Crippen molar-refractivity contribution in [1.29, 1.82) is 0 Å². The molecule has 0 fully saturated rings. The Hall–Kier alpha value is -3.36. The summed E-state index contributed by atoms with van der Waals surface area (Å²) in [5, 5.41) is 3.33. The number of carbonyl (C=O) groups is 2. The number of anilines is 1. The maximum absolute atomic E-state index is 13.9. The van der Waals surface area contributed by atoms with Gasteiger partial charge in [-0.3, -0.25) is 13.9 Å². The third kappa shape index (κ3) is 7.83. The molecule has 208 valence electrons. The Bertz CT molecular complexity index is 1360. The Balaban J connectivity index is 2.01. The lowest BCUT2D eigenvalue weighted by atomic mass is 10.1. The summed E-state index contributed by atoms with van der Waals surface area (Å²) in [4.78, 5) is 28.4. The second kappa shape index (κ2) is 13.6. The first-order chi connectivity index (χ1) is 18.5. The highest BCUT2D eigenvalue weighted by molar-refractivity contribution is 7.92. The van der Waals surface area contributed by atoms with E-state index in [9.17, 15) is 18.0 Å². The van der Waals surface area contributed by atoms with Crippen molar-refractivity contribution in [2.75, 3.05) is 17.4 Å². The van der Waals surface area contributed by atoms with E-state index in [1.165, 1.54) is 17.0 Å². The van der Waals surface area contributed by atoms with Gasteiger partial charge in [0.2, 0.25) is 11.8 Å². The summed E-state index contributed by atoms with van der Waals surface area (Å²) < 4.78 is 28.7. The zero-order valence-corrected chi connectivity index (χ0v) is 24.4. The fraction of sp³-hybridized carbons (Fsp3) is 0.333. The van der Waals surface area contributed by atoms with E-state index in [0.29, 0.717) is 22.8 Å². The zero-order chi connectivity index (χ0) is 28.6. The predicted molar refractivity (Wildman–Crippen MR) is 156 cm³/mol. The summed E-state index contributed by atoms with van der Waals surface area (Å²) in [7, 11) is -4.09. The molecule has 9 heteroatoms. The highest BCUT2D eigenvalue weighted by atomic mass is 35.5.